The third-order valence-electron chi connectivity index (χ3n) is 4.73. The van der Waals surface area contributed by atoms with Gasteiger partial charge in [-0.05, 0) is 43.5 Å². The van der Waals surface area contributed by atoms with Gasteiger partial charge in [0.1, 0.15) is 0 Å². The lowest BCUT2D eigenvalue weighted by atomic mass is 10.1. The van der Waals surface area contributed by atoms with E-state index in [0.717, 1.165) is 50.9 Å². The van der Waals surface area contributed by atoms with Gasteiger partial charge in [0.05, 0.1) is 19.4 Å². The topological polar surface area (TPSA) is 66.4 Å². The Morgan fingerprint density at radius 1 is 0.880 bits per heavy atom. The van der Waals surface area contributed by atoms with Crippen molar-refractivity contribution in [3.63, 3.8) is 0 Å². The van der Waals surface area contributed by atoms with Crippen LogP contribution in [0.4, 0.5) is 23.1 Å². The minimum absolute atomic E-state index is 0.523. The molecule has 2 aromatic rings. The van der Waals surface area contributed by atoms with Gasteiger partial charge in [-0.1, -0.05) is 0 Å². The van der Waals surface area contributed by atoms with Gasteiger partial charge in [-0.25, -0.2) is 0 Å². The van der Waals surface area contributed by atoms with Crippen molar-refractivity contribution in [3.05, 3.63) is 30.5 Å². The Morgan fingerprint density at radius 3 is 2.40 bits per heavy atom. The van der Waals surface area contributed by atoms with Crippen LogP contribution in [-0.4, -0.2) is 54.6 Å². The number of nitrogens with zero attached hydrogens (tertiary/aromatic N) is 5. The number of aromatic nitrogens is 3. The number of morpholine rings is 1. The fourth-order valence-electron chi connectivity index (χ4n) is 3.33. The van der Waals surface area contributed by atoms with E-state index in [-0.39, 0.29) is 0 Å². The van der Waals surface area contributed by atoms with Crippen LogP contribution in [0.15, 0.2) is 30.5 Å². The average Bonchev–Trinajstić information content (AvgIpc) is 2.70. The molecule has 7 heteroatoms. The molecule has 2 saturated heterocycles. The number of benzene rings is 1. The fraction of sp³-hybridized carbons (Fsp3) is 0.500. The molecule has 2 aliphatic rings. The van der Waals surface area contributed by atoms with Crippen LogP contribution in [0.25, 0.3) is 0 Å². The molecule has 0 bridgehead atoms. The summed E-state index contributed by atoms with van der Waals surface area (Å²) in [6.45, 7) is 5.43. The van der Waals surface area contributed by atoms with E-state index in [0.29, 0.717) is 5.95 Å². The van der Waals surface area contributed by atoms with Crippen molar-refractivity contribution < 1.29 is 4.74 Å². The monoisotopic (exact) mass is 340 g/mol. The second-order valence-corrected chi connectivity index (χ2v) is 6.46. The number of ether oxygens (including phenoxy) is 1. The van der Waals surface area contributed by atoms with Crippen LogP contribution in [-0.2, 0) is 4.74 Å². The Hall–Kier alpha value is -2.41. The van der Waals surface area contributed by atoms with Crippen molar-refractivity contribution in [2.75, 3.05) is 54.5 Å². The summed E-state index contributed by atoms with van der Waals surface area (Å²) in [6, 6.07) is 8.48. The van der Waals surface area contributed by atoms with E-state index in [9.17, 15) is 0 Å². The van der Waals surface area contributed by atoms with Gasteiger partial charge < -0.3 is 19.9 Å². The van der Waals surface area contributed by atoms with E-state index in [1.165, 1.54) is 24.9 Å². The number of nitrogens with one attached hydrogen (secondary N) is 1. The smallest absolute Gasteiger partial charge is 0.249 e. The van der Waals surface area contributed by atoms with E-state index >= 15 is 0 Å². The van der Waals surface area contributed by atoms with Gasteiger partial charge in [0.2, 0.25) is 5.95 Å². The Balaban J connectivity index is 1.43. The zero-order valence-electron chi connectivity index (χ0n) is 14.4. The van der Waals surface area contributed by atoms with Crippen LogP contribution in [0.3, 0.4) is 0 Å². The summed E-state index contributed by atoms with van der Waals surface area (Å²) in [6.07, 6.45) is 5.62. The van der Waals surface area contributed by atoms with Crippen molar-refractivity contribution in [3.8, 4) is 0 Å². The Labute approximate surface area is 148 Å². The van der Waals surface area contributed by atoms with Crippen LogP contribution >= 0.6 is 0 Å². The number of hydrogen-bond donors (Lipinski definition) is 1. The number of anilines is 4. The van der Waals surface area contributed by atoms with Crippen molar-refractivity contribution in [2.45, 2.75) is 19.3 Å². The van der Waals surface area contributed by atoms with E-state index < -0.39 is 0 Å². The van der Waals surface area contributed by atoms with Gasteiger partial charge >= 0.3 is 0 Å². The molecule has 1 aromatic heterocycles. The molecule has 0 aliphatic carbocycles. The molecule has 0 spiro atoms. The van der Waals surface area contributed by atoms with Crippen molar-refractivity contribution >= 4 is 23.1 Å². The van der Waals surface area contributed by atoms with E-state index in [2.05, 4.69) is 54.6 Å². The molecule has 1 aromatic carbocycles. The molecule has 2 fully saturated rings. The molecule has 1 N–H and O–H groups in total. The molecule has 0 saturated carbocycles. The van der Waals surface area contributed by atoms with Gasteiger partial charge in [-0.3, -0.25) is 0 Å². The van der Waals surface area contributed by atoms with Crippen LogP contribution in [0, 0.1) is 0 Å². The zero-order chi connectivity index (χ0) is 16.9. The summed E-state index contributed by atoms with van der Waals surface area (Å²) < 4.78 is 5.38. The summed E-state index contributed by atoms with van der Waals surface area (Å²) in [7, 11) is 0. The third kappa shape index (κ3) is 3.99. The molecular weight excluding hydrogens is 316 g/mol. The molecule has 25 heavy (non-hydrogen) atoms. The maximum atomic E-state index is 5.38. The Bertz CT molecular complexity index is 680. The normalized spacial score (nSPS) is 18.2. The summed E-state index contributed by atoms with van der Waals surface area (Å²) in [5.41, 5.74) is 2.26. The quantitative estimate of drug-likeness (QED) is 0.917. The van der Waals surface area contributed by atoms with Crippen LogP contribution < -0.4 is 15.1 Å². The third-order valence-corrected chi connectivity index (χ3v) is 4.73. The van der Waals surface area contributed by atoms with Gasteiger partial charge in [0.25, 0.3) is 0 Å². The highest BCUT2D eigenvalue weighted by molar-refractivity contribution is 5.60. The summed E-state index contributed by atoms with van der Waals surface area (Å²) in [5, 5.41) is 11.4. The Morgan fingerprint density at radius 2 is 1.64 bits per heavy atom. The fourth-order valence-corrected chi connectivity index (χ4v) is 3.33. The first-order valence-electron chi connectivity index (χ1n) is 9.03. The lowest BCUT2D eigenvalue weighted by molar-refractivity contribution is 0.122. The molecule has 0 atom stereocenters. The maximum absolute atomic E-state index is 5.38. The number of hydrogen-bond acceptors (Lipinski definition) is 7. The standard InChI is InChI=1S/C18H24N6O/c1-2-8-23(9-3-1)16-6-4-15(5-7-16)20-18-21-17(14-19-22-18)24-10-12-25-13-11-24/h4-7,14H,1-3,8-13H2,(H,20,21,22). The minimum atomic E-state index is 0.523. The van der Waals surface area contributed by atoms with Crippen LogP contribution in [0.5, 0.6) is 0 Å². The van der Waals surface area contributed by atoms with Gasteiger partial charge in [-0.2, -0.15) is 10.1 Å². The first-order valence-corrected chi connectivity index (χ1v) is 9.03. The number of piperidine rings is 1. The predicted octanol–water partition coefficient (Wildman–Crippen LogP) is 2.44. The van der Waals surface area contributed by atoms with Gasteiger partial charge in [-0.15, -0.1) is 5.10 Å². The average molecular weight is 340 g/mol. The minimum Gasteiger partial charge on any atom is -0.378 e. The lowest BCUT2D eigenvalue weighted by Crippen LogP contribution is -2.36. The van der Waals surface area contributed by atoms with E-state index in [1.807, 2.05) is 0 Å². The molecule has 0 unspecified atom stereocenters. The second kappa shape index (κ2) is 7.65. The van der Waals surface area contributed by atoms with Crippen molar-refractivity contribution in [1.29, 1.82) is 0 Å². The summed E-state index contributed by atoms with van der Waals surface area (Å²) >= 11 is 0. The number of rotatable bonds is 4. The highest BCUT2D eigenvalue weighted by Crippen LogP contribution is 2.23. The Kier molecular flexibility index (Phi) is 4.92. The molecule has 4 rings (SSSR count). The van der Waals surface area contributed by atoms with Gasteiger partial charge in [0.15, 0.2) is 5.82 Å². The zero-order valence-corrected chi connectivity index (χ0v) is 14.4. The van der Waals surface area contributed by atoms with Crippen LogP contribution in [0.1, 0.15) is 19.3 Å². The van der Waals surface area contributed by atoms with Crippen LogP contribution in [0.2, 0.25) is 0 Å². The molecule has 3 heterocycles. The molecule has 0 radical (unpaired) electrons. The molecule has 0 amide bonds. The van der Waals surface area contributed by atoms with Gasteiger partial charge in [0, 0.05) is 37.6 Å². The predicted molar refractivity (Wildman–Crippen MR) is 98.6 cm³/mol. The van der Waals surface area contributed by atoms with Crippen molar-refractivity contribution in [2.24, 2.45) is 0 Å². The molecule has 7 nitrogen and oxygen atoms in total. The summed E-state index contributed by atoms with van der Waals surface area (Å²) in [5.74, 6) is 1.36. The first kappa shape index (κ1) is 16.1. The summed E-state index contributed by atoms with van der Waals surface area (Å²) in [4.78, 5) is 9.20. The lowest BCUT2D eigenvalue weighted by Gasteiger charge is -2.29. The second-order valence-electron chi connectivity index (χ2n) is 6.46. The molecular formula is C18H24N6O. The SMILES string of the molecule is c1cc(N2CCCCC2)ccc1Nc1nncc(N2CCOCC2)n1. The molecule has 2 aliphatic heterocycles. The largest absolute Gasteiger partial charge is 0.378 e. The molecule has 132 valence electrons. The highest BCUT2D eigenvalue weighted by Gasteiger charge is 2.14. The maximum Gasteiger partial charge on any atom is 0.249 e. The van der Waals surface area contributed by atoms with Crippen molar-refractivity contribution in [1.82, 2.24) is 15.2 Å². The van der Waals surface area contributed by atoms with E-state index in [1.54, 1.807) is 6.20 Å². The van der Waals surface area contributed by atoms with E-state index in [4.69, 9.17) is 4.74 Å². The highest BCUT2D eigenvalue weighted by atomic mass is 16.5. The first-order chi connectivity index (χ1) is 12.4.